The molecule has 29 heavy (non-hydrogen) atoms. The maximum atomic E-state index is 5.77. The third kappa shape index (κ3) is 3.65. The number of H-pyrrole nitrogens is 1. The Kier molecular flexibility index (Phi) is 4.92. The Morgan fingerprint density at radius 2 is 2.14 bits per heavy atom. The van der Waals surface area contributed by atoms with Crippen molar-refractivity contribution in [2.24, 2.45) is 7.05 Å². The van der Waals surface area contributed by atoms with Crippen molar-refractivity contribution in [2.75, 3.05) is 11.9 Å². The Hall–Kier alpha value is -3.42. The second-order valence-corrected chi connectivity index (χ2v) is 7.47. The minimum atomic E-state index is -0.411. The van der Waals surface area contributed by atoms with E-state index in [1.54, 1.807) is 12.5 Å². The number of aryl methyl sites for hydroxylation is 1. The van der Waals surface area contributed by atoms with Gasteiger partial charge < -0.3 is 14.6 Å². The average Bonchev–Trinajstić information content (AvgIpc) is 3.35. The molecule has 0 aliphatic heterocycles. The van der Waals surface area contributed by atoms with Crippen LogP contribution in [0.5, 0.6) is 5.88 Å². The molecular weight excluding hydrogens is 366 g/mol. The van der Waals surface area contributed by atoms with Gasteiger partial charge in [0.05, 0.1) is 36.6 Å². The second kappa shape index (κ2) is 7.54. The SMILES string of the molecule is CCOc1ncccc1C(C)(C)c1cc(NCc2cn(C)cn2)c2n[nH]cc2n1. The molecule has 8 nitrogen and oxygen atoms in total. The number of aromatic amines is 1. The highest BCUT2D eigenvalue weighted by atomic mass is 16.5. The smallest absolute Gasteiger partial charge is 0.217 e. The van der Waals surface area contributed by atoms with E-state index >= 15 is 0 Å². The van der Waals surface area contributed by atoms with E-state index in [1.807, 2.05) is 43.1 Å². The maximum Gasteiger partial charge on any atom is 0.217 e. The van der Waals surface area contributed by atoms with Crippen molar-refractivity contribution in [1.29, 1.82) is 0 Å². The predicted octanol–water partition coefficient (Wildman–Crippen LogP) is 3.42. The van der Waals surface area contributed by atoms with Gasteiger partial charge >= 0.3 is 0 Å². The first-order valence-electron chi connectivity index (χ1n) is 9.63. The maximum absolute atomic E-state index is 5.77. The Morgan fingerprint density at radius 1 is 1.28 bits per heavy atom. The lowest BCUT2D eigenvalue weighted by molar-refractivity contribution is 0.317. The molecule has 0 saturated heterocycles. The number of hydrogen-bond donors (Lipinski definition) is 2. The summed E-state index contributed by atoms with van der Waals surface area (Å²) in [6.07, 6.45) is 7.34. The van der Waals surface area contributed by atoms with Crippen LogP contribution in [-0.2, 0) is 19.0 Å². The Bertz CT molecular complexity index is 1130. The molecule has 0 spiro atoms. The number of aromatic nitrogens is 6. The van der Waals surface area contributed by atoms with Gasteiger partial charge in [0.2, 0.25) is 5.88 Å². The first-order chi connectivity index (χ1) is 14.0. The molecule has 4 aromatic rings. The van der Waals surface area contributed by atoms with Crippen LogP contribution < -0.4 is 10.1 Å². The van der Waals surface area contributed by atoms with Crippen LogP contribution in [-0.4, -0.2) is 36.3 Å². The molecule has 4 heterocycles. The number of ether oxygens (including phenoxy) is 1. The van der Waals surface area contributed by atoms with Gasteiger partial charge in [-0.1, -0.05) is 6.07 Å². The first-order valence-corrected chi connectivity index (χ1v) is 9.63. The molecule has 0 amide bonds. The second-order valence-electron chi connectivity index (χ2n) is 7.47. The van der Waals surface area contributed by atoms with Crippen LogP contribution in [0.1, 0.15) is 37.7 Å². The van der Waals surface area contributed by atoms with Gasteiger partial charge in [0.25, 0.3) is 0 Å². The molecule has 0 aliphatic carbocycles. The summed E-state index contributed by atoms with van der Waals surface area (Å²) in [5.74, 6) is 0.636. The third-order valence-electron chi connectivity index (χ3n) is 4.98. The monoisotopic (exact) mass is 391 g/mol. The van der Waals surface area contributed by atoms with Gasteiger partial charge in [-0.25, -0.2) is 15.0 Å². The molecule has 4 rings (SSSR count). The average molecular weight is 391 g/mol. The van der Waals surface area contributed by atoms with E-state index in [2.05, 4.69) is 45.4 Å². The number of rotatable bonds is 7. The minimum Gasteiger partial charge on any atom is -0.478 e. The molecule has 2 N–H and O–H groups in total. The van der Waals surface area contributed by atoms with Crippen molar-refractivity contribution < 1.29 is 4.74 Å². The van der Waals surface area contributed by atoms with E-state index < -0.39 is 5.41 Å². The zero-order valence-electron chi connectivity index (χ0n) is 17.1. The van der Waals surface area contributed by atoms with Crippen LogP contribution in [0.4, 0.5) is 5.69 Å². The van der Waals surface area contributed by atoms with Crippen molar-refractivity contribution >= 4 is 16.7 Å². The van der Waals surface area contributed by atoms with Gasteiger partial charge in [-0.15, -0.1) is 0 Å². The van der Waals surface area contributed by atoms with Crippen LogP contribution >= 0.6 is 0 Å². The van der Waals surface area contributed by atoms with E-state index in [-0.39, 0.29) is 0 Å². The van der Waals surface area contributed by atoms with E-state index in [9.17, 15) is 0 Å². The Balaban J connectivity index is 1.74. The normalized spacial score (nSPS) is 11.7. The summed E-state index contributed by atoms with van der Waals surface area (Å²) in [4.78, 5) is 13.7. The molecule has 0 atom stereocenters. The van der Waals surface area contributed by atoms with Crippen molar-refractivity contribution in [3.63, 3.8) is 0 Å². The summed E-state index contributed by atoms with van der Waals surface area (Å²) >= 11 is 0. The largest absolute Gasteiger partial charge is 0.478 e. The van der Waals surface area contributed by atoms with Gasteiger partial charge in [0.1, 0.15) is 11.0 Å². The highest BCUT2D eigenvalue weighted by Crippen LogP contribution is 2.37. The molecule has 4 aromatic heterocycles. The summed E-state index contributed by atoms with van der Waals surface area (Å²) in [5.41, 5.74) is 4.96. The Labute approximate surface area is 169 Å². The molecule has 0 radical (unpaired) electrons. The van der Waals surface area contributed by atoms with Crippen LogP contribution in [0.15, 0.2) is 43.1 Å². The lowest BCUT2D eigenvalue weighted by Gasteiger charge is -2.27. The molecule has 0 aliphatic rings. The number of nitrogens with zero attached hydrogens (tertiary/aromatic N) is 5. The van der Waals surface area contributed by atoms with Gasteiger partial charge in [-0.05, 0) is 32.9 Å². The van der Waals surface area contributed by atoms with Crippen molar-refractivity contribution in [1.82, 2.24) is 29.7 Å². The van der Waals surface area contributed by atoms with E-state index in [0.717, 1.165) is 33.7 Å². The van der Waals surface area contributed by atoms with Gasteiger partial charge in [-0.2, -0.15) is 5.10 Å². The van der Waals surface area contributed by atoms with Gasteiger partial charge in [0, 0.05) is 36.6 Å². The van der Waals surface area contributed by atoms with Crippen LogP contribution in [0.25, 0.3) is 11.0 Å². The van der Waals surface area contributed by atoms with Crippen molar-refractivity contribution in [3.8, 4) is 5.88 Å². The summed E-state index contributed by atoms with van der Waals surface area (Å²) in [6, 6.07) is 6.02. The van der Waals surface area contributed by atoms with Gasteiger partial charge in [-0.3, -0.25) is 5.10 Å². The zero-order valence-corrected chi connectivity index (χ0v) is 17.1. The number of anilines is 1. The minimum absolute atomic E-state index is 0.411. The summed E-state index contributed by atoms with van der Waals surface area (Å²) in [7, 11) is 1.96. The molecule has 0 fully saturated rings. The molecule has 0 unspecified atom stereocenters. The molecule has 0 saturated carbocycles. The highest BCUT2D eigenvalue weighted by molar-refractivity contribution is 5.87. The van der Waals surface area contributed by atoms with E-state index in [0.29, 0.717) is 19.0 Å². The predicted molar refractivity (Wildman–Crippen MR) is 112 cm³/mol. The molecule has 0 aromatic carbocycles. The quantitative estimate of drug-likeness (QED) is 0.501. The number of pyridine rings is 2. The number of nitrogens with one attached hydrogen (secondary N) is 2. The summed E-state index contributed by atoms with van der Waals surface area (Å²) < 4.78 is 7.70. The fourth-order valence-electron chi connectivity index (χ4n) is 3.39. The summed E-state index contributed by atoms with van der Waals surface area (Å²) in [6.45, 7) is 7.38. The number of fused-ring (bicyclic) bond motifs is 1. The zero-order chi connectivity index (χ0) is 20.4. The lowest BCUT2D eigenvalue weighted by Crippen LogP contribution is -2.22. The van der Waals surface area contributed by atoms with Crippen LogP contribution in [0.2, 0.25) is 0 Å². The number of hydrogen-bond acceptors (Lipinski definition) is 6. The fraction of sp³-hybridized carbons (Fsp3) is 0.333. The number of imidazole rings is 1. The molecule has 8 heteroatoms. The lowest BCUT2D eigenvalue weighted by atomic mass is 9.81. The standard InChI is InChI=1S/C21H25N7O/c1-5-29-20-15(7-6-8-22-20)21(2,3)18-9-16(19-17(26-18)11-25-27-19)23-10-14-12-28(4)13-24-14/h6-9,11-13H,5,10H2,1-4H3,(H,23,26)(H,25,27). The van der Waals surface area contributed by atoms with Crippen molar-refractivity contribution in [2.45, 2.75) is 32.7 Å². The van der Waals surface area contributed by atoms with E-state index in [4.69, 9.17) is 9.72 Å². The van der Waals surface area contributed by atoms with Crippen molar-refractivity contribution in [3.05, 3.63) is 60.1 Å². The van der Waals surface area contributed by atoms with E-state index in [1.165, 1.54) is 0 Å². The molecular formula is C21H25N7O. The highest BCUT2D eigenvalue weighted by Gasteiger charge is 2.30. The third-order valence-corrected chi connectivity index (χ3v) is 4.98. The Morgan fingerprint density at radius 3 is 2.90 bits per heavy atom. The molecule has 0 bridgehead atoms. The van der Waals surface area contributed by atoms with Crippen LogP contribution in [0, 0.1) is 0 Å². The summed E-state index contributed by atoms with van der Waals surface area (Å²) in [5, 5.41) is 10.7. The molecule has 150 valence electrons. The fourth-order valence-corrected chi connectivity index (χ4v) is 3.39. The first kappa shape index (κ1) is 18.9. The topological polar surface area (TPSA) is 93.5 Å². The van der Waals surface area contributed by atoms with Gasteiger partial charge in [0.15, 0.2) is 0 Å². The van der Waals surface area contributed by atoms with Crippen LogP contribution in [0.3, 0.4) is 0 Å².